The number of Topliss-reactive ketones (excluding diaryl/α,β-unsaturated/α-hetero) is 1. The summed E-state index contributed by atoms with van der Waals surface area (Å²) in [5.74, 6) is -0.938. The van der Waals surface area contributed by atoms with Gasteiger partial charge < -0.3 is 10.1 Å². The van der Waals surface area contributed by atoms with Crippen LogP contribution >= 0.6 is 0 Å². The molecule has 5 heteroatoms. The highest BCUT2D eigenvalue weighted by Crippen LogP contribution is 2.23. The molecule has 0 unspecified atom stereocenters. The number of hydrogen-bond acceptors (Lipinski definition) is 4. The molecule has 140 valence electrons. The summed E-state index contributed by atoms with van der Waals surface area (Å²) >= 11 is 0. The van der Waals surface area contributed by atoms with Crippen LogP contribution in [0.2, 0.25) is 0 Å². The minimum atomic E-state index is -0.505. The van der Waals surface area contributed by atoms with Crippen molar-refractivity contribution in [1.82, 2.24) is 5.32 Å². The molecule has 1 aliphatic rings. The molecular weight excluding hydrogens is 342 g/mol. The highest BCUT2D eigenvalue weighted by Gasteiger charge is 2.15. The normalized spacial score (nSPS) is 12.3. The average molecular weight is 365 g/mol. The number of benzene rings is 2. The van der Waals surface area contributed by atoms with Crippen molar-refractivity contribution >= 4 is 17.7 Å². The standard InChI is InChI=1S/C22H23NO4/c1-15-5-2-3-8-19(15)22(26)23-12-11-21(25)27-14-20(24)18-10-9-16-6-4-7-17(16)13-18/h2-3,5,8-10,13H,4,6-7,11-12,14H2,1H3,(H,23,26). The van der Waals surface area contributed by atoms with Crippen molar-refractivity contribution in [2.75, 3.05) is 13.2 Å². The van der Waals surface area contributed by atoms with Gasteiger partial charge in [-0.2, -0.15) is 0 Å². The van der Waals surface area contributed by atoms with Gasteiger partial charge in [0.2, 0.25) is 0 Å². The first kappa shape index (κ1) is 18.8. The van der Waals surface area contributed by atoms with Crippen LogP contribution in [0.25, 0.3) is 0 Å². The summed E-state index contributed by atoms with van der Waals surface area (Å²) in [6.45, 7) is 1.75. The van der Waals surface area contributed by atoms with Crippen LogP contribution in [-0.4, -0.2) is 30.8 Å². The van der Waals surface area contributed by atoms with Crippen LogP contribution in [0.4, 0.5) is 0 Å². The van der Waals surface area contributed by atoms with Crippen molar-refractivity contribution < 1.29 is 19.1 Å². The van der Waals surface area contributed by atoms with Gasteiger partial charge in [0.25, 0.3) is 5.91 Å². The van der Waals surface area contributed by atoms with E-state index >= 15 is 0 Å². The quantitative estimate of drug-likeness (QED) is 0.605. The number of esters is 1. The lowest BCUT2D eigenvalue weighted by molar-refractivity contribution is -0.142. The van der Waals surface area contributed by atoms with E-state index in [-0.39, 0.29) is 31.3 Å². The predicted molar refractivity (Wildman–Crippen MR) is 102 cm³/mol. The molecule has 0 heterocycles. The number of amides is 1. The van der Waals surface area contributed by atoms with Gasteiger partial charge in [0.1, 0.15) is 0 Å². The fraction of sp³-hybridized carbons (Fsp3) is 0.318. The molecule has 3 rings (SSSR count). The molecule has 27 heavy (non-hydrogen) atoms. The van der Waals surface area contributed by atoms with Gasteiger partial charge in [-0.15, -0.1) is 0 Å². The lowest BCUT2D eigenvalue weighted by Gasteiger charge is -2.08. The van der Waals surface area contributed by atoms with Gasteiger partial charge in [0, 0.05) is 17.7 Å². The Labute approximate surface area is 158 Å². The molecule has 0 aliphatic heterocycles. The molecular formula is C22H23NO4. The maximum Gasteiger partial charge on any atom is 0.308 e. The molecule has 0 atom stereocenters. The minimum absolute atomic E-state index is 0.0229. The number of carbonyl (C=O) groups excluding carboxylic acids is 3. The molecule has 0 radical (unpaired) electrons. The van der Waals surface area contributed by atoms with Gasteiger partial charge in [-0.05, 0) is 55.0 Å². The van der Waals surface area contributed by atoms with Crippen molar-refractivity contribution in [3.05, 3.63) is 70.3 Å². The number of ketones is 1. The summed E-state index contributed by atoms with van der Waals surface area (Å²) in [7, 11) is 0. The van der Waals surface area contributed by atoms with E-state index in [9.17, 15) is 14.4 Å². The zero-order valence-corrected chi connectivity index (χ0v) is 15.4. The topological polar surface area (TPSA) is 72.5 Å². The van der Waals surface area contributed by atoms with Crippen molar-refractivity contribution in [2.24, 2.45) is 0 Å². The van der Waals surface area contributed by atoms with Crippen LogP contribution in [0.1, 0.15) is 50.2 Å². The fourth-order valence-electron chi connectivity index (χ4n) is 3.25. The summed E-state index contributed by atoms with van der Waals surface area (Å²) in [5.41, 5.74) is 4.55. The molecule has 0 spiro atoms. The summed E-state index contributed by atoms with van der Waals surface area (Å²) in [6, 6.07) is 12.9. The average Bonchev–Trinajstić information content (AvgIpc) is 3.14. The van der Waals surface area contributed by atoms with Crippen molar-refractivity contribution in [3.63, 3.8) is 0 Å². The van der Waals surface area contributed by atoms with Crippen molar-refractivity contribution in [2.45, 2.75) is 32.6 Å². The first-order valence-electron chi connectivity index (χ1n) is 9.19. The van der Waals surface area contributed by atoms with Gasteiger partial charge >= 0.3 is 5.97 Å². The Morgan fingerprint density at radius 2 is 1.81 bits per heavy atom. The van der Waals surface area contributed by atoms with Crippen LogP contribution in [0, 0.1) is 6.92 Å². The molecule has 2 aromatic carbocycles. The lowest BCUT2D eigenvalue weighted by atomic mass is 10.0. The van der Waals surface area contributed by atoms with Crippen LogP contribution in [-0.2, 0) is 22.4 Å². The maximum absolute atomic E-state index is 12.2. The van der Waals surface area contributed by atoms with Gasteiger partial charge in [0.05, 0.1) is 6.42 Å². The molecule has 0 aromatic heterocycles. The number of carbonyl (C=O) groups is 3. The highest BCUT2D eigenvalue weighted by atomic mass is 16.5. The number of hydrogen-bond donors (Lipinski definition) is 1. The molecule has 0 saturated carbocycles. The third-order valence-electron chi connectivity index (χ3n) is 4.79. The third-order valence-corrected chi connectivity index (χ3v) is 4.79. The van der Waals surface area contributed by atoms with Gasteiger partial charge in [-0.1, -0.05) is 30.3 Å². The van der Waals surface area contributed by atoms with E-state index in [1.165, 1.54) is 11.1 Å². The summed E-state index contributed by atoms with van der Waals surface area (Å²) in [6.07, 6.45) is 3.20. The molecule has 1 aliphatic carbocycles. The van der Waals surface area contributed by atoms with Gasteiger partial charge in [-0.25, -0.2) is 0 Å². The zero-order valence-electron chi connectivity index (χ0n) is 15.4. The number of rotatable bonds is 7. The van der Waals surface area contributed by atoms with E-state index in [4.69, 9.17) is 4.74 Å². The Hall–Kier alpha value is -2.95. The van der Waals surface area contributed by atoms with E-state index in [0.717, 1.165) is 24.8 Å². The second kappa shape index (κ2) is 8.62. The first-order chi connectivity index (χ1) is 13.0. The second-order valence-corrected chi connectivity index (χ2v) is 6.74. The summed E-state index contributed by atoms with van der Waals surface area (Å²) in [5, 5.41) is 2.69. The van der Waals surface area contributed by atoms with Crippen molar-refractivity contribution in [3.8, 4) is 0 Å². The zero-order chi connectivity index (χ0) is 19.2. The first-order valence-corrected chi connectivity index (χ1v) is 9.19. The summed E-state index contributed by atoms with van der Waals surface area (Å²) in [4.78, 5) is 36.1. The second-order valence-electron chi connectivity index (χ2n) is 6.74. The molecule has 0 bridgehead atoms. The third kappa shape index (κ3) is 4.82. The molecule has 5 nitrogen and oxygen atoms in total. The Balaban J connectivity index is 1.41. The molecule has 2 aromatic rings. The van der Waals surface area contributed by atoms with E-state index in [2.05, 4.69) is 5.32 Å². The van der Waals surface area contributed by atoms with E-state index in [1.807, 2.05) is 31.2 Å². The number of ether oxygens (including phenoxy) is 1. The Kier molecular flexibility index (Phi) is 6.01. The number of fused-ring (bicyclic) bond motifs is 1. The Bertz CT molecular complexity index is 872. The molecule has 1 amide bonds. The number of aryl methyl sites for hydroxylation is 3. The van der Waals surface area contributed by atoms with E-state index in [1.54, 1.807) is 18.2 Å². The van der Waals surface area contributed by atoms with Crippen molar-refractivity contribution in [1.29, 1.82) is 0 Å². The molecule has 1 N–H and O–H groups in total. The Morgan fingerprint density at radius 3 is 2.63 bits per heavy atom. The maximum atomic E-state index is 12.2. The Morgan fingerprint density at radius 1 is 1.04 bits per heavy atom. The minimum Gasteiger partial charge on any atom is -0.457 e. The molecule has 0 saturated heterocycles. The van der Waals surface area contributed by atoms with Gasteiger partial charge in [0.15, 0.2) is 12.4 Å². The lowest BCUT2D eigenvalue weighted by Crippen LogP contribution is -2.27. The van der Waals surface area contributed by atoms with E-state index in [0.29, 0.717) is 11.1 Å². The van der Waals surface area contributed by atoms with Gasteiger partial charge in [-0.3, -0.25) is 14.4 Å². The summed E-state index contributed by atoms with van der Waals surface area (Å²) < 4.78 is 5.05. The monoisotopic (exact) mass is 365 g/mol. The van der Waals surface area contributed by atoms with Crippen LogP contribution in [0.15, 0.2) is 42.5 Å². The highest BCUT2D eigenvalue weighted by molar-refractivity contribution is 5.98. The SMILES string of the molecule is Cc1ccccc1C(=O)NCCC(=O)OCC(=O)c1ccc2c(c1)CCC2. The van der Waals surface area contributed by atoms with Crippen LogP contribution in [0.3, 0.4) is 0 Å². The smallest absolute Gasteiger partial charge is 0.308 e. The van der Waals surface area contributed by atoms with Crippen LogP contribution < -0.4 is 5.32 Å². The fourth-order valence-corrected chi connectivity index (χ4v) is 3.25. The predicted octanol–water partition coefficient (Wildman–Crippen LogP) is 3.03. The molecule has 0 fully saturated rings. The number of nitrogens with one attached hydrogen (secondary N) is 1. The largest absolute Gasteiger partial charge is 0.457 e. The van der Waals surface area contributed by atoms with E-state index < -0.39 is 5.97 Å². The van der Waals surface area contributed by atoms with Crippen LogP contribution in [0.5, 0.6) is 0 Å².